The van der Waals surface area contributed by atoms with Crippen LogP contribution >= 0.6 is 11.3 Å². The van der Waals surface area contributed by atoms with E-state index in [2.05, 4.69) is 37.4 Å². The molecule has 0 N–H and O–H groups in total. The summed E-state index contributed by atoms with van der Waals surface area (Å²) in [6.07, 6.45) is 1.65. The Labute approximate surface area is 200 Å². The van der Waals surface area contributed by atoms with E-state index in [9.17, 15) is 9.59 Å². The minimum Gasteiger partial charge on any atom is -0.330 e. The smallest absolute Gasteiger partial charge is 0.254 e. The quantitative estimate of drug-likeness (QED) is 0.468. The van der Waals surface area contributed by atoms with Gasteiger partial charge in [0.2, 0.25) is 5.91 Å². The fraction of sp³-hybridized carbons (Fsp3) is 0.357. The van der Waals surface area contributed by atoms with Crippen LogP contribution in [0.15, 0.2) is 60.0 Å². The van der Waals surface area contributed by atoms with Crippen molar-refractivity contribution in [2.75, 3.05) is 13.1 Å². The molecule has 2 heterocycles. The average molecular weight is 461 g/mol. The van der Waals surface area contributed by atoms with Gasteiger partial charge < -0.3 is 9.80 Å². The fourth-order valence-corrected chi connectivity index (χ4v) is 5.57. The minimum absolute atomic E-state index is 0.00216. The molecular formula is C28H32N2O2S. The molecule has 0 aliphatic carbocycles. The van der Waals surface area contributed by atoms with Gasteiger partial charge in [0.15, 0.2) is 0 Å². The number of benzene rings is 2. The summed E-state index contributed by atoms with van der Waals surface area (Å²) in [5, 5.41) is 2.12. The Morgan fingerprint density at radius 1 is 1.03 bits per heavy atom. The lowest BCUT2D eigenvalue weighted by Gasteiger charge is -2.39. The van der Waals surface area contributed by atoms with Crippen LogP contribution < -0.4 is 0 Å². The number of fused-ring (bicyclic) bond motifs is 1. The normalized spacial score (nSPS) is 16.2. The third kappa shape index (κ3) is 4.60. The number of carbonyl (C=O) groups is 2. The van der Waals surface area contributed by atoms with Crippen LogP contribution in [-0.2, 0) is 11.2 Å². The van der Waals surface area contributed by atoms with Crippen molar-refractivity contribution in [2.45, 2.75) is 52.6 Å². The van der Waals surface area contributed by atoms with E-state index >= 15 is 0 Å². The van der Waals surface area contributed by atoms with Gasteiger partial charge in [-0.15, -0.1) is 11.3 Å². The van der Waals surface area contributed by atoms with Crippen LogP contribution in [0.5, 0.6) is 0 Å². The maximum Gasteiger partial charge on any atom is 0.254 e. The molecule has 33 heavy (non-hydrogen) atoms. The van der Waals surface area contributed by atoms with Gasteiger partial charge in [0.25, 0.3) is 5.91 Å². The van der Waals surface area contributed by atoms with Crippen molar-refractivity contribution in [2.24, 2.45) is 0 Å². The van der Waals surface area contributed by atoms with E-state index in [0.29, 0.717) is 12.1 Å². The van der Waals surface area contributed by atoms with Crippen LogP contribution in [-0.4, -0.2) is 40.7 Å². The summed E-state index contributed by atoms with van der Waals surface area (Å²) in [4.78, 5) is 32.4. The predicted octanol–water partition coefficient (Wildman–Crippen LogP) is 5.78. The van der Waals surface area contributed by atoms with Crippen LogP contribution in [0, 0.1) is 13.8 Å². The summed E-state index contributed by atoms with van der Waals surface area (Å²) in [5.74, 6) is -0.0705. The topological polar surface area (TPSA) is 40.6 Å². The molecule has 0 saturated carbocycles. The molecule has 1 aromatic heterocycles. The molecule has 4 nitrogen and oxygen atoms in total. The molecule has 2 amide bonds. The molecular weight excluding hydrogens is 428 g/mol. The lowest BCUT2D eigenvalue weighted by Crippen LogP contribution is -2.49. The Kier molecular flexibility index (Phi) is 6.99. The van der Waals surface area contributed by atoms with E-state index in [1.165, 1.54) is 16.0 Å². The number of hydrogen-bond acceptors (Lipinski definition) is 3. The molecule has 0 bridgehead atoms. The second-order valence-electron chi connectivity index (χ2n) is 8.90. The van der Waals surface area contributed by atoms with E-state index < -0.39 is 0 Å². The zero-order valence-corrected chi connectivity index (χ0v) is 20.7. The number of rotatable bonds is 6. The van der Waals surface area contributed by atoms with Gasteiger partial charge >= 0.3 is 0 Å². The summed E-state index contributed by atoms with van der Waals surface area (Å²) < 4.78 is 0. The van der Waals surface area contributed by atoms with Crippen molar-refractivity contribution < 1.29 is 9.59 Å². The predicted molar refractivity (Wildman–Crippen MR) is 135 cm³/mol. The molecule has 0 fully saturated rings. The zero-order chi connectivity index (χ0) is 23.5. The van der Waals surface area contributed by atoms with Crippen molar-refractivity contribution in [3.05, 3.63) is 92.7 Å². The van der Waals surface area contributed by atoms with E-state index in [1.54, 1.807) is 16.2 Å². The van der Waals surface area contributed by atoms with Crippen molar-refractivity contribution in [1.82, 2.24) is 9.80 Å². The van der Waals surface area contributed by atoms with Gasteiger partial charge in [-0.2, -0.15) is 0 Å². The van der Waals surface area contributed by atoms with Gasteiger partial charge in [-0.1, -0.05) is 49.4 Å². The number of amides is 2. The van der Waals surface area contributed by atoms with E-state index in [1.807, 2.05) is 55.1 Å². The molecule has 1 aliphatic rings. The maximum atomic E-state index is 13.8. The first-order valence-electron chi connectivity index (χ1n) is 11.7. The highest BCUT2D eigenvalue weighted by atomic mass is 32.1. The van der Waals surface area contributed by atoms with Crippen LogP contribution in [0.1, 0.15) is 63.8 Å². The Morgan fingerprint density at radius 2 is 1.73 bits per heavy atom. The molecule has 0 radical (unpaired) electrons. The van der Waals surface area contributed by atoms with Crippen LogP contribution in [0.25, 0.3) is 0 Å². The standard InChI is InChI=1S/C28H32N2O2S/c1-5-21(4)30(28(32)23-13-9-7-11-20(23)3)18-26(31)29-16-14-25-24(15-17-33-25)27(29)22-12-8-6-10-19(22)2/h6-13,15,17,21,27H,5,14,16,18H2,1-4H3. The molecule has 3 aromatic rings. The highest BCUT2D eigenvalue weighted by molar-refractivity contribution is 7.10. The van der Waals surface area contributed by atoms with Crippen LogP contribution in [0.4, 0.5) is 0 Å². The monoisotopic (exact) mass is 460 g/mol. The molecule has 2 unspecified atom stereocenters. The molecule has 0 saturated heterocycles. The van der Waals surface area contributed by atoms with Gasteiger partial charge in [0.05, 0.1) is 6.04 Å². The second-order valence-corrected chi connectivity index (χ2v) is 9.90. The first-order chi connectivity index (χ1) is 15.9. The summed E-state index contributed by atoms with van der Waals surface area (Å²) in [6, 6.07) is 17.9. The zero-order valence-electron chi connectivity index (χ0n) is 19.9. The lowest BCUT2D eigenvalue weighted by atomic mass is 9.90. The Balaban J connectivity index is 1.67. The summed E-state index contributed by atoms with van der Waals surface area (Å²) in [6.45, 7) is 8.88. The molecule has 2 aromatic carbocycles. The molecule has 172 valence electrons. The van der Waals surface area contributed by atoms with Gasteiger partial charge in [-0.25, -0.2) is 0 Å². The number of thiophene rings is 1. The first-order valence-corrected chi connectivity index (χ1v) is 12.6. The molecule has 1 aliphatic heterocycles. The molecule has 0 spiro atoms. The Hall–Kier alpha value is -2.92. The van der Waals surface area contributed by atoms with Crippen LogP contribution in [0.2, 0.25) is 0 Å². The number of carbonyl (C=O) groups excluding carboxylic acids is 2. The van der Waals surface area contributed by atoms with E-state index in [-0.39, 0.29) is 30.4 Å². The Morgan fingerprint density at radius 3 is 2.42 bits per heavy atom. The summed E-state index contributed by atoms with van der Waals surface area (Å²) >= 11 is 1.77. The summed E-state index contributed by atoms with van der Waals surface area (Å²) in [5.41, 5.74) is 5.15. The van der Waals surface area contributed by atoms with Gasteiger partial charge in [-0.3, -0.25) is 9.59 Å². The van der Waals surface area contributed by atoms with Crippen molar-refractivity contribution >= 4 is 23.2 Å². The first kappa shape index (κ1) is 23.2. The van der Waals surface area contributed by atoms with Crippen molar-refractivity contribution in [3.63, 3.8) is 0 Å². The van der Waals surface area contributed by atoms with Crippen molar-refractivity contribution in [3.8, 4) is 0 Å². The van der Waals surface area contributed by atoms with E-state index in [0.717, 1.165) is 24.0 Å². The number of hydrogen-bond donors (Lipinski definition) is 0. The number of nitrogens with zero attached hydrogens (tertiary/aromatic N) is 2. The highest BCUT2D eigenvalue weighted by Gasteiger charge is 2.35. The average Bonchev–Trinajstić information content (AvgIpc) is 3.30. The van der Waals surface area contributed by atoms with E-state index in [4.69, 9.17) is 0 Å². The molecule has 2 atom stereocenters. The fourth-order valence-electron chi connectivity index (χ4n) is 4.67. The number of aryl methyl sites for hydroxylation is 2. The lowest BCUT2D eigenvalue weighted by molar-refractivity contribution is -0.134. The largest absolute Gasteiger partial charge is 0.330 e. The van der Waals surface area contributed by atoms with Gasteiger partial charge in [-0.05, 0) is 73.4 Å². The highest BCUT2D eigenvalue weighted by Crippen LogP contribution is 2.39. The maximum absolute atomic E-state index is 13.8. The third-order valence-corrected chi connectivity index (χ3v) is 7.83. The van der Waals surface area contributed by atoms with Gasteiger partial charge in [0.1, 0.15) is 6.54 Å². The third-order valence-electron chi connectivity index (χ3n) is 6.83. The molecule has 5 heteroatoms. The summed E-state index contributed by atoms with van der Waals surface area (Å²) in [7, 11) is 0. The van der Waals surface area contributed by atoms with Gasteiger partial charge in [0, 0.05) is 23.0 Å². The SMILES string of the molecule is CCC(C)N(CC(=O)N1CCc2sccc2C1c1ccccc1C)C(=O)c1ccccc1C. The molecule has 4 rings (SSSR count). The minimum atomic E-state index is -0.110. The Bertz CT molecular complexity index is 1150. The van der Waals surface area contributed by atoms with Crippen LogP contribution in [0.3, 0.4) is 0 Å². The van der Waals surface area contributed by atoms with Crippen molar-refractivity contribution in [1.29, 1.82) is 0 Å². The second kappa shape index (κ2) is 9.92.